The topological polar surface area (TPSA) is 78.9 Å². The van der Waals surface area contributed by atoms with Crippen molar-refractivity contribution in [2.75, 3.05) is 13.2 Å². The lowest BCUT2D eigenvalue weighted by molar-refractivity contribution is -0.167. The fourth-order valence-corrected chi connectivity index (χ4v) is 8.08. The molecule has 1 atom stereocenters. The van der Waals surface area contributed by atoms with Gasteiger partial charge in [0, 0.05) is 19.3 Å². The molecule has 0 amide bonds. The second kappa shape index (κ2) is 58.9. The average molecular weight is 988 g/mol. The highest BCUT2D eigenvalue weighted by Crippen LogP contribution is 2.15. The van der Waals surface area contributed by atoms with Gasteiger partial charge in [-0.25, -0.2) is 0 Å². The zero-order valence-electron chi connectivity index (χ0n) is 46.5. The molecular formula is C65H110O6. The molecule has 0 aliphatic carbocycles. The maximum Gasteiger partial charge on any atom is 0.306 e. The van der Waals surface area contributed by atoms with Gasteiger partial charge in [0.25, 0.3) is 0 Å². The summed E-state index contributed by atoms with van der Waals surface area (Å²) < 4.78 is 16.9. The van der Waals surface area contributed by atoms with Crippen molar-refractivity contribution in [3.63, 3.8) is 0 Å². The minimum absolute atomic E-state index is 0.0961. The Morgan fingerprint density at radius 2 is 0.549 bits per heavy atom. The van der Waals surface area contributed by atoms with Crippen molar-refractivity contribution >= 4 is 17.9 Å². The van der Waals surface area contributed by atoms with Gasteiger partial charge in [-0.05, 0) is 122 Å². The lowest BCUT2D eigenvalue weighted by Crippen LogP contribution is -2.30. The summed E-state index contributed by atoms with van der Waals surface area (Å²) in [6.45, 7) is 6.47. The molecule has 0 spiro atoms. The number of ether oxygens (including phenoxy) is 3. The molecule has 0 aromatic heterocycles. The van der Waals surface area contributed by atoms with Crippen molar-refractivity contribution in [2.24, 2.45) is 0 Å². The maximum atomic E-state index is 12.9. The molecule has 0 aromatic carbocycles. The molecule has 0 aliphatic heterocycles. The van der Waals surface area contributed by atoms with E-state index in [2.05, 4.69) is 118 Å². The van der Waals surface area contributed by atoms with Crippen molar-refractivity contribution in [3.8, 4) is 0 Å². The third-order valence-electron chi connectivity index (χ3n) is 12.5. The first-order chi connectivity index (χ1) is 35.0. The second-order valence-electron chi connectivity index (χ2n) is 19.5. The summed E-state index contributed by atoms with van der Waals surface area (Å²) in [4.78, 5) is 38.2. The third kappa shape index (κ3) is 57.1. The lowest BCUT2D eigenvalue weighted by Gasteiger charge is -2.18. The Balaban J connectivity index is 4.46. The summed E-state index contributed by atoms with van der Waals surface area (Å²) in [5.74, 6) is -0.940. The van der Waals surface area contributed by atoms with Crippen LogP contribution in [0.4, 0.5) is 0 Å². The van der Waals surface area contributed by atoms with Crippen molar-refractivity contribution in [1.82, 2.24) is 0 Å². The van der Waals surface area contributed by atoms with Crippen molar-refractivity contribution in [1.29, 1.82) is 0 Å². The van der Waals surface area contributed by atoms with E-state index in [0.29, 0.717) is 19.3 Å². The first-order valence-electron chi connectivity index (χ1n) is 29.7. The zero-order chi connectivity index (χ0) is 51.4. The van der Waals surface area contributed by atoms with Gasteiger partial charge < -0.3 is 14.2 Å². The van der Waals surface area contributed by atoms with Crippen LogP contribution in [0, 0.1) is 0 Å². The SMILES string of the molecule is CC/C=C\C/C=C\C/C=C\C/C=C\CCCCCCC(=O)O[C@H](COC(=O)CCCCCC/C=C\C/C=C\C/C=C\CCCCC)COC(=O)CCCCCCCCCCC/C=C\CCCCCCCC. The number of unbranched alkanes of at least 4 members (excludes halogenated alkanes) is 26. The standard InChI is InChI=1S/C65H110O6/c1-4-7-10-13-16-19-22-25-28-31-32-35-37-40-43-46-49-52-55-58-64(67)70-61-62(71-65(68)59-56-53-50-47-44-41-38-34-30-27-24-21-18-15-12-9-6-3)60-69-63(66)57-54-51-48-45-42-39-36-33-29-26-23-20-17-14-11-8-5-2/h9,12,17-18,20-21,25-30,36,38-39,41,62H,4-8,10-11,13-16,19,22-24,31-35,37,40,42-61H2,1-3H3/b12-9-,20-17-,21-18-,28-25-,29-26-,30-27-,39-36-,41-38-/t62-/m1/s1. The smallest absolute Gasteiger partial charge is 0.306 e. The van der Waals surface area contributed by atoms with Crippen LogP contribution in [0.5, 0.6) is 0 Å². The van der Waals surface area contributed by atoms with Crippen LogP contribution in [0.2, 0.25) is 0 Å². The molecule has 6 nitrogen and oxygen atoms in total. The van der Waals surface area contributed by atoms with E-state index in [1.807, 2.05) is 0 Å². The van der Waals surface area contributed by atoms with E-state index < -0.39 is 6.10 Å². The molecule has 0 aliphatic rings. The molecule has 0 radical (unpaired) electrons. The minimum Gasteiger partial charge on any atom is -0.462 e. The Hall–Kier alpha value is -3.67. The monoisotopic (exact) mass is 987 g/mol. The fourth-order valence-electron chi connectivity index (χ4n) is 8.08. The Bertz CT molecular complexity index is 1410. The van der Waals surface area contributed by atoms with Crippen molar-refractivity contribution in [3.05, 3.63) is 97.2 Å². The highest BCUT2D eigenvalue weighted by atomic mass is 16.6. The van der Waals surface area contributed by atoms with Gasteiger partial charge >= 0.3 is 17.9 Å². The number of carbonyl (C=O) groups excluding carboxylic acids is 3. The van der Waals surface area contributed by atoms with Gasteiger partial charge in [0.2, 0.25) is 0 Å². The molecule has 406 valence electrons. The number of rotatable bonds is 53. The van der Waals surface area contributed by atoms with E-state index in [1.165, 1.54) is 116 Å². The van der Waals surface area contributed by atoms with Crippen molar-refractivity contribution in [2.45, 2.75) is 284 Å². The van der Waals surface area contributed by atoms with Crippen LogP contribution in [0.15, 0.2) is 97.2 Å². The predicted octanol–water partition coefficient (Wildman–Crippen LogP) is 20.1. The van der Waals surface area contributed by atoms with Gasteiger partial charge in [-0.2, -0.15) is 0 Å². The van der Waals surface area contributed by atoms with Crippen LogP contribution in [-0.2, 0) is 28.6 Å². The summed E-state index contributed by atoms with van der Waals surface area (Å²) in [5, 5.41) is 0. The molecule has 0 rings (SSSR count). The van der Waals surface area contributed by atoms with Gasteiger partial charge in [0.15, 0.2) is 6.10 Å². The molecule has 71 heavy (non-hydrogen) atoms. The number of carbonyl (C=O) groups is 3. The number of esters is 3. The highest BCUT2D eigenvalue weighted by Gasteiger charge is 2.19. The fraction of sp³-hybridized carbons (Fsp3) is 0.708. The summed E-state index contributed by atoms with van der Waals surface area (Å²) >= 11 is 0. The van der Waals surface area contributed by atoms with E-state index in [-0.39, 0.29) is 31.1 Å². The van der Waals surface area contributed by atoms with E-state index in [4.69, 9.17) is 14.2 Å². The van der Waals surface area contributed by atoms with E-state index in [1.54, 1.807) is 0 Å². The van der Waals surface area contributed by atoms with Gasteiger partial charge in [-0.1, -0.05) is 234 Å². The molecule has 0 bridgehead atoms. The van der Waals surface area contributed by atoms with E-state index in [9.17, 15) is 14.4 Å². The first kappa shape index (κ1) is 67.3. The van der Waals surface area contributed by atoms with Gasteiger partial charge in [-0.15, -0.1) is 0 Å². The van der Waals surface area contributed by atoms with Crippen LogP contribution in [0.3, 0.4) is 0 Å². The summed E-state index contributed by atoms with van der Waals surface area (Å²) in [5.41, 5.74) is 0. The molecule has 6 heteroatoms. The van der Waals surface area contributed by atoms with Crippen LogP contribution < -0.4 is 0 Å². The number of allylic oxidation sites excluding steroid dienone is 16. The number of hydrogen-bond donors (Lipinski definition) is 0. The lowest BCUT2D eigenvalue weighted by atomic mass is 10.1. The summed E-state index contributed by atoms with van der Waals surface area (Å²) in [6.07, 6.45) is 78.2. The van der Waals surface area contributed by atoms with Crippen LogP contribution in [0.25, 0.3) is 0 Å². The minimum atomic E-state index is -0.802. The quantitative estimate of drug-likeness (QED) is 0.0261. The highest BCUT2D eigenvalue weighted by molar-refractivity contribution is 5.71. The van der Waals surface area contributed by atoms with E-state index in [0.717, 1.165) is 122 Å². The summed E-state index contributed by atoms with van der Waals surface area (Å²) in [6, 6.07) is 0. The Labute approximate surface area is 438 Å². The second-order valence-corrected chi connectivity index (χ2v) is 19.5. The van der Waals surface area contributed by atoms with Crippen molar-refractivity contribution < 1.29 is 28.6 Å². The normalized spacial score (nSPS) is 12.8. The average Bonchev–Trinajstić information content (AvgIpc) is 3.37. The van der Waals surface area contributed by atoms with Gasteiger partial charge in [-0.3, -0.25) is 14.4 Å². The molecule has 0 aromatic rings. The van der Waals surface area contributed by atoms with Gasteiger partial charge in [0.1, 0.15) is 13.2 Å². The molecule has 0 fully saturated rings. The molecule has 0 unspecified atom stereocenters. The van der Waals surface area contributed by atoms with Crippen LogP contribution in [0.1, 0.15) is 278 Å². The predicted molar refractivity (Wildman–Crippen MR) is 307 cm³/mol. The Morgan fingerprint density at radius 3 is 0.901 bits per heavy atom. The maximum absolute atomic E-state index is 12.9. The largest absolute Gasteiger partial charge is 0.462 e. The van der Waals surface area contributed by atoms with Crippen LogP contribution >= 0.6 is 0 Å². The number of hydrogen-bond acceptors (Lipinski definition) is 6. The van der Waals surface area contributed by atoms with E-state index >= 15 is 0 Å². The molecule has 0 N–H and O–H groups in total. The first-order valence-corrected chi connectivity index (χ1v) is 29.7. The van der Waals surface area contributed by atoms with Gasteiger partial charge in [0.05, 0.1) is 0 Å². The molecule has 0 saturated carbocycles. The summed E-state index contributed by atoms with van der Waals surface area (Å²) in [7, 11) is 0. The zero-order valence-corrected chi connectivity index (χ0v) is 46.5. The Kier molecular flexibility index (Phi) is 55.9. The molecular weight excluding hydrogens is 877 g/mol. The third-order valence-corrected chi connectivity index (χ3v) is 12.5. The van der Waals surface area contributed by atoms with Crippen LogP contribution in [-0.4, -0.2) is 37.2 Å². The molecule has 0 heterocycles. The molecule has 0 saturated heterocycles. The Morgan fingerprint density at radius 1 is 0.296 bits per heavy atom.